The van der Waals surface area contributed by atoms with E-state index < -0.39 is 0 Å². The van der Waals surface area contributed by atoms with Gasteiger partial charge in [0, 0.05) is 30.3 Å². The van der Waals surface area contributed by atoms with Gasteiger partial charge < -0.3 is 10.6 Å². The summed E-state index contributed by atoms with van der Waals surface area (Å²) in [5, 5.41) is 7.63. The van der Waals surface area contributed by atoms with E-state index in [0.717, 1.165) is 30.2 Å². The lowest BCUT2D eigenvalue weighted by molar-refractivity contribution is 0.707. The largest absolute Gasteiger partial charge is 0.384 e. The van der Waals surface area contributed by atoms with Crippen molar-refractivity contribution < 1.29 is 0 Å². The first-order valence-corrected chi connectivity index (χ1v) is 7.30. The monoisotopic (exact) mass is 288 g/mol. The van der Waals surface area contributed by atoms with E-state index in [0.29, 0.717) is 0 Å². The van der Waals surface area contributed by atoms with Crippen LogP contribution in [-0.4, -0.2) is 13.1 Å². The highest BCUT2D eigenvalue weighted by Crippen LogP contribution is 2.15. The van der Waals surface area contributed by atoms with Crippen molar-refractivity contribution in [3.8, 4) is 0 Å². The molecule has 0 heterocycles. The summed E-state index contributed by atoms with van der Waals surface area (Å²) in [6.45, 7) is 6.86. The molecule has 106 valence electrons. The zero-order valence-electron chi connectivity index (χ0n) is 12.0. The first kappa shape index (κ1) is 14.9. The van der Waals surface area contributed by atoms with Gasteiger partial charge in [-0.05, 0) is 48.7 Å². The Morgan fingerprint density at radius 2 is 1.75 bits per heavy atom. The summed E-state index contributed by atoms with van der Waals surface area (Å²) in [6.07, 6.45) is 0. The first-order chi connectivity index (χ1) is 9.66. The Bertz CT molecular complexity index is 567. The van der Waals surface area contributed by atoms with Gasteiger partial charge in [0.2, 0.25) is 0 Å². The van der Waals surface area contributed by atoms with Crippen molar-refractivity contribution in [2.75, 3.05) is 18.4 Å². The number of halogens is 1. The summed E-state index contributed by atoms with van der Waals surface area (Å²) in [4.78, 5) is 0. The average molecular weight is 289 g/mol. The first-order valence-electron chi connectivity index (χ1n) is 6.92. The van der Waals surface area contributed by atoms with E-state index in [-0.39, 0.29) is 0 Å². The van der Waals surface area contributed by atoms with Gasteiger partial charge in [-0.3, -0.25) is 0 Å². The summed E-state index contributed by atoms with van der Waals surface area (Å²) in [5.41, 5.74) is 4.96. The molecule has 0 amide bonds. The second kappa shape index (κ2) is 7.32. The van der Waals surface area contributed by atoms with Gasteiger partial charge in [0.1, 0.15) is 0 Å². The van der Waals surface area contributed by atoms with Gasteiger partial charge in [-0.25, -0.2) is 0 Å². The van der Waals surface area contributed by atoms with E-state index in [2.05, 4.69) is 42.7 Å². The molecule has 0 bridgehead atoms. The van der Waals surface area contributed by atoms with Crippen molar-refractivity contribution in [2.24, 2.45) is 0 Å². The number of aryl methyl sites for hydroxylation is 2. The van der Waals surface area contributed by atoms with E-state index in [1.165, 1.54) is 16.8 Å². The van der Waals surface area contributed by atoms with Crippen molar-refractivity contribution in [1.29, 1.82) is 0 Å². The van der Waals surface area contributed by atoms with Crippen molar-refractivity contribution in [3.05, 3.63) is 64.2 Å². The van der Waals surface area contributed by atoms with Crippen LogP contribution < -0.4 is 10.6 Å². The normalized spacial score (nSPS) is 10.6. The number of nitrogens with one attached hydrogen (secondary N) is 2. The molecule has 2 aromatic rings. The maximum atomic E-state index is 6.11. The maximum absolute atomic E-state index is 6.11. The number of hydrogen-bond donors (Lipinski definition) is 2. The highest BCUT2D eigenvalue weighted by atomic mass is 35.5. The second-order valence-corrected chi connectivity index (χ2v) is 5.40. The Kier molecular flexibility index (Phi) is 5.45. The Morgan fingerprint density at radius 1 is 0.950 bits per heavy atom. The van der Waals surface area contributed by atoms with Gasteiger partial charge >= 0.3 is 0 Å². The molecule has 0 aliphatic carbocycles. The van der Waals surface area contributed by atoms with Gasteiger partial charge in [-0.2, -0.15) is 0 Å². The number of anilines is 1. The van der Waals surface area contributed by atoms with Crippen LogP contribution in [0.1, 0.15) is 16.7 Å². The molecule has 2 rings (SSSR count). The van der Waals surface area contributed by atoms with Gasteiger partial charge in [0.05, 0.1) is 0 Å². The molecule has 0 atom stereocenters. The van der Waals surface area contributed by atoms with Crippen LogP contribution in [0.5, 0.6) is 0 Å². The highest BCUT2D eigenvalue weighted by molar-refractivity contribution is 6.31. The summed E-state index contributed by atoms with van der Waals surface area (Å²) in [6, 6.07) is 14.4. The molecular weight excluding hydrogens is 268 g/mol. The van der Waals surface area contributed by atoms with Gasteiger partial charge in [-0.15, -0.1) is 0 Å². The van der Waals surface area contributed by atoms with Crippen LogP contribution in [-0.2, 0) is 6.54 Å². The lowest BCUT2D eigenvalue weighted by Gasteiger charge is -2.10. The van der Waals surface area contributed by atoms with Gasteiger partial charge in [0.15, 0.2) is 0 Å². The fourth-order valence-electron chi connectivity index (χ4n) is 2.01. The zero-order valence-corrected chi connectivity index (χ0v) is 12.8. The molecular formula is C17H21ClN2. The van der Waals surface area contributed by atoms with E-state index in [9.17, 15) is 0 Å². The topological polar surface area (TPSA) is 24.1 Å². The molecule has 0 radical (unpaired) electrons. The van der Waals surface area contributed by atoms with Crippen molar-refractivity contribution >= 4 is 17.3 Å². The van der Waals surface area contributed by atoms with Crippen LogP contribution in [0.4, 0.5) is 5.69 Å². The predicted octanol–water partition coefficient (Wildman–Crippen LogP) is 4.16. The minimum absolute atomic E-state index is 0.800. The Labute approximate surface area is 126 Å². The third-order valence-corrected chi connectivity index (χ3v) is 3.78. The van der Waals surface area contributed by atoms with Crippen molar-refractivity contribution in [2.45, 2.75) is 20.4 Å². The summed E-state index contributed by atoms with van der Waals surface area (Å²) >= 11 is 6.11. The smallest absolute Gasteiger partial charge is 0.0450 e. The SMILES string of the molecule is Cc1ccc(NCCNCc2ccccc2Cl)cc1C. The van der Waals surface area contributed by atoms with Crippen LogP contribution in [0.25, 0.3) is 0 Å². The van der Waals surface area contributed by atoms with Crippen LogP contribution in [0.15, 0.2) is 42.5 Å². The molecule has 0 fully saturated rings. The molecule has 0 saturated carbocycles. The summed E-state index contributed by atoms with van der Waals surface area (Å²) in [5.74, 6) is 0. The summed E-state index contributed by atoms with van der Waals surface area (Å²) in [7, 11) is 0. The minimum atomic E-state index is 0.800. The molecule has 20 heavy (non-hydrogen) atoms. The summed E-state index contributed by atoms with van der Waals surface area (Å²) < 4.78 is 0. The highest BCUT2D eigenvalue weighted by Gasteiger charge is 1.98. The zero-order chi connectivity index (χ0) is 14.4. The van der Waals surface area contributed by atoms with Crippen molar-refractivity contribution in [1.82, 2.24) is 5.32 Å². The maximum Gasteiger partial charge on any atom is 0.0450 e. The number of hydrogen-bond acceptors (Lipinski definition) is 2. The molecule has 3 heteroatoms. The van der Waals surface area contributed by atoms with E-state index in [4.69, 9.17) is 11.6 Å². The third kappa shape index (κ3) is 4.26. The van der Waals surface area contributed by atoms with Gasteiger partial charge in [-0.1, -0.05) is 35.9 Å². The lowest BCUT2D eigenvalue weighted by Crippen LogP contribution is -2.21. The van der Waals surface area contributed by atoms with Crippen LogP contribution in [0.2, 0.25) is 5.02 Å². The molecule has 2 N–H and O–H groups in total. The minimum Gasteiger partial charge on any atom is -0.384 e. The molecule has 2 nitrogen and oxygen atoms in total. The average Bonchev–Trinajstić information content (AvgIpc) is 2.44. The van der Waals surface area contributed by atoms with Crippen LogP contribution >= 0.6 is 11.6 Å². The number of benzene rings is 2. The molecule has 0 spiro atoms. The third-order valence-electron chi connectivity index (χ3n) is 3.41. The predicted molar refractivity (Wildman–Crippen MR) is 87.6 cm³/mol. The van der Waals surface area contributed by atoms with Crippen molar-refractivity contribution in [3.63, 3.8) is 0 Å². The fraction of sp³-hybridized carbons (Fsp3) is 0.294. The van der Waals surface area contributed by atoms with Crippen LogP contribution in [0.3, 0.4) is 0 Å². The molecule has 0 aliphatic heterocycles. The quantitative estimate of drug-likeness (QED) is 0.780. The molecule has 0 unspecified atom stereocenters. The molecule has 0 aromatic heterocycles. The molecule has 0 saturated heterocycles. The van der Waals surface area contributed by atoms with Gasteiger partial charge in [0.25, 0.3) is 0 Å². The Balaban J connectivity index is 1.71. The fourth-order valence-corrected chi connectivity index (χ4v) is 2.21. The lowest BCUT2D eigenvalue weighted by atomic mass is 10.1. The van der Waals surface area contributed by atoms with E-state index in [1.807, 2.05) is 24.3 Å². The Morgan fingerprint density at radius 3 is 2.50 bits per heavy atom. The molecule has 2 aromatic carbocycles. The van der Waals surface area contributed by atoms with E-state index >= 15 is 0 Å². The Hall–Kier alpha value is -1.51. The van der Waals surface area contributed by atoms with Crippen LogP contribution in [0, 0.1) is 13.8 Å². The second-order valence-electron chi connectivity index (χ2n) is 4.99. The standard InChI is InChI=1S/C17H21ClN2/c1-13-7-8-16(11-14(13)2)20-10-9-19-12-15-5-3-4-6-17(15)18/h3-8,11,19-20H,9-10,12H2,1-2H3. The van der Waals surface area contributed by atoms with E-state index in [1.54, 1.807) is 0 Å². The molecule has 0 aliphatic rings. The number of rotatable bonds is 6.